The third-order valence-corrected chi connectivity index (χ3v) is 3.01. The standard InChI is InChI=1S/C10H6BrFN2OS/c11-6-1-2-7(8(12)5-6)9(15)14-10-13-3-4-16-10/h1-5H,(H,13,14,15). The summed E-state index contributed by atoms with van der Waals surface area (Å²) in [7, 11) is 0. The Morgan fingerprint density at radius 1 is 1.50 bits per heavy atom. The summed E-state index contributed by atoms with van der Waals surface area (Å²) < 4.78 is 14.0. The molecule has 0 atom stereocenters. The van der Waals surface area contributed by atoms with E-state index in [0.29, 0.717) is 9.60 Å². The zero-order valence-corrected chi connectivity index (χ0v) is 10.3. The van der Waals surface area contributed by atoms with Crippen LogP contribution in [-0.4, -0.2) is 10.9 Å². The van der Waals surface area contributed by atoms with Crippen LogP contribution in [0.5, 0.6) is 0 Å². The molecule has 1 heterocycles. The summed E-state index contributed by atoms with van der Waals surface area (Å²) in [5.41, 5.74) is -0.00148. The Hall–Kier alpha value is -1.27. The number of rotatable bonds is 2. The van der Waals surface area contributed by atoms with Crippen LogP contribution >= 0.6 is 27.3 Å². The molecular weight excluding hydrogens is 295 g/mol. The van der Waals surface area contributed by atoms with Crippen molar-refractivity contribution in [2.75, 3.05) is 5.32 Å². The van der Waals surface area contributed by atoms with E-state index in [9.17, 15) is 9.18 Å². The Kier molecular flexibility index (Phi) is 3.31. The van der Waals surface area contributed by atoms with Crippen LogP contribution in [0, 0.1) is 5.82 Å². The fraction of sp³-hybridized carbons (Fsp3) is 0. The molecule has 0 aliphatic rings. The molecule has 1 aromatic heterocycles. The van der Waals surface area contributed by atoms with Gasteiger partial charge in [0, 0.05) is 16.0 Å². The molecule has 1 aromatic carbocycles. The summed E-state index contributed by atoms with van der Waals surface area (Å²) in [5.74, 6) is -1.07. The number of benzene rings is 1. The molecule has 0 unspecified atom stereocenters. The van der Waals surface area contributed by atoms with Gasteiger partial charge in [-0.15, -0.1) is 11.3 Å². The zero-order valence-electron chi connectivity index (χ0n) is 7.91. The Bertz CT molecular complexity index is 516. The molecule has 3 nitrogen and oxygen atoms in total. The number of carbonyl (C=O) groups is 1. The number of amides is 1. The first-order valence-corrected chi connectivity index (χ1v) is 6.00. The number of hydrogen-bond acceptors (Lipinski definition) is 3. The second kappa shape index (κ2) is 4.71. The van der Waals surface area contributed by atoms with Crippen molar-refractivity contribution in [3.05, 3.63) is 45.6 Å². The predicted octanol–water partition coefficient (Wildman–Crippen LogP) is 3.30. The van der Waals surface area contributed by atoms with Gasteiger partial charge in [0.05, 0.1) is 5.56 Å². The van der Waals surface area contributed by atoms with Crippen LogP contribution in [0.3, 0.4) is 0 Å². The van der Waals surface area contributed by atoms with Gasteiger partial charge in [0.25, 0.3) is 5.91 Å². The van der Waals surface area contributed by atoms with E-state index in [0.717, 1.165) is 0 Å². The molecule has 0 fully saturated rings. The molecule has 0 saturated carbocycles. The summed E-state index contributed by atoms with van der Waals surface area (Å²) in [6, 6.07) is 4.28. The number of hydrogen-bond donors (Lipinski definition) is 1. The lowest BCUT2D eigenvalue weighted by atomic mass is 10.2. The fourth-order valence-corrected chi connectivity index (χ4v) is 1.98. The first kappa shape index (κ1) is 11.2. The summed E-state index contributed by atoms with van der Waals surface area (Å²) in [6.45, 7) is 0. The van der Waals surface area contributed by atoms with Crippen LogP contribution in [0.2, 0.25) is 0 Å². The van der Waals surface area contributed by atoms with Gasteiger partial charge in [0.15, 0.2) is 5.13 Å². The fourth-order valence-electron chi connectivity index (χ4n) is 1.12. The molecule has 1 amide bonds. The molecule has 6 heteroatoms. The van der Waals surface area contributed by atoms with Crippen LogP contribution in [0.4, 0.5) is 9.52 Å². The van der Waals surface area contributed by atoms with E-state index in [1.54, 1.807) is 17.6 Å². The average molecular weight is 301 g/mol. The van der Waals surface area contributed by atoms with Gasteiger partial charge < -0.3 is 0 Å². The topological polar surface area (TPSA) is 42.0 Å². The molecule has 0 radical (unpaired) electrons. The maximum absolute atomic E-state index is 13.4. The van der Waals surface area contributed by atoms with Gasteiger partial charge in [0.2, 0.25) is 0 Å². The van der Waals surface area contributed by atoms with E-state index < -0.39 is 11.7 Å². The highest BCUT2D eigenvalue weighted by atomic mass is 79.9. The highest BCUT2D eigenvalue weighted by Gasteiger charge is 2.12. The molecule has 0 aliphatic carbocycles. The Morgan fingerprint density at radius 2 is 2.31 bits per heavy atom. The number of aromatic nitrogens is 1. The predicted molar refractivity (Wildman–Crippen MR) is 64.2 cm³/mol. The van der Waals surface area contributed by atoms with E-state index >= 15 is 0 Å². The Morgan fingerprint density at radius 3 is 2.94 bits per heavy atom. The quantitative estimate of drug-likeness (QED) is 0.924. The molecule has 0 spiro atoms. The molecule has 0 aliphatic heterocycles. The van der Waals surface area contributed by atoms with E-state index in [1.165, 1.54) is 23.5 Å². The Balaban J connectivity index is 2.21. The molecule has 0 saturated heterocycles. The largest absolute Gasteiger partial charge is 0.298 e. The maximum Gasteiger partial charge on any atom is 0.260 e. The molecule has 0 bridgehead atoms. The van der Waals surface area contributed by atoms with Crippen molar-refractivity contribution in [3.63, 3.8) is 0 Å². The van der Waals surface area contributed by atoms with Gasteiger partial charge in [-0.25, -0.2) is 9.37 Å². The van der Waals surface area contributed by atoms with Crippen molar-refractivity contribution in [2.24, 2.45) is 0 Å². The molecular formula is C10H6BrFN2OS. The van der Waals surface area contributed by atoms with Crippen molar-refractivity contribution in [1.29, 1.82) is 0 Å². The van der Waals surface area contributed by atoms with Crippen molar-refractivity contribution in [3.8, 4) is 0 Å². The van der Waals surface area contributed by atoms with Crippen molar-refractivity contribution in [1.82, 2.24) is 4.98 Å². The van der Waals surface area contributed by atoms with Crippen LogP contribution in [0.25, 0.3) is 0 Å². The van der Waals surface area contributed by atoms with Crippen LogP contribution in [-0.2, 0) is 0 Å². The number of halogens is 2. The third-order valence-electron chi connectivity index (χ3n) is 1.83. The number of nitrogens with zero attached hydrogens (tertiary/aromatic N) is 1. The number of anilines is 1. The number of carbonyl (C=O) groups excluding carboxylic acids is 1. The SMILES string of the molecule is O=C(Nc1nccs1)c1ccc(Br)cc1F. The third kappa shape index (κ3) is 2.45. The lowest BCUT2D eigenvalue weighted by Gasteiger charge is -2.03. The van der Waals surface area contributed by atoms with E-state index in [4.69, 9.17) is 0 Å². The summed E-state index contributed by atoms with van der Waals surface area (Å²) >= 11 is 4.40. The lowest BCUT2D eigenvalue weighted by molar-refractivity contribution is 0.102. The summed E-state index contributed by atoms with van der Waals surface area (Å²) in [6.07, 6.45) is 1.57. The smallest absolute Gasteiger partial charge is 0.260 e. The highest BCUT2D eigenvalue weighted by molar-refractivity contribution is 9.10. The molecule has 2 rings (SSSR count). The van der Waals surface area contributed by atoms with Crippen molar-refractivity contribution in [2.45, 2.75) is 0 Å². The van der Waals surface area contributed by atoms with Gasteiger partial charge in [-0.1, -0.05) is 15.9 Å². The highest BCUT2D eigenvalue weighted by Crippen LogP contribution is 2.17. The summed E-state index contributed by atoms with van der Waals surface area (Å²) in [4.78, 5) is 15.5. The minimum atomic E-state index is -0.566. The molecule has 2 aromatic rings. The van der Waals surface area contributed by atoms with E-state index in [-0.39, 0.29) is 5.56 Å². The first-order valence-electron chi connectivity index (χ1n) is 4.33. The van der Waals surface area contributed by atoms with Gasteiger partial charge >= 0.3 is 0 Å². The second-order valence-corrected chi connectivity index (χ2v) is 4.73. The van der Waals surface area contributed by atoms with Gasteiger partial charge in [-0.05, 0) is 18.2 Å². The molecule has 1 N–H and O–H groups in total. The number of thiazole rings is 1. The minimum absolute atomic E-state index is 0.00148. The van der Waals surface area contributed by atoms with E-state index in [1.807, 2.05) is 0 Å². The zero-order chi connectivity index (χ0) is 11.5. The van der Waals surface area contributed by atoms with Crippen molar-refractivity contribution < 1.29 is 9.18 Å². The Labute approximate surface area is 103 Å². The van der Waals surface area contributed by atoms with Crippen LogP contribution in [0.15, 0.2) is 34.2 Å². The lowest BCUT2D eigenvalue weighted by Crippen LogP contribution is -2.13. The molecule has 82 valence electrons. The van der Waals surface area contributed by atoms with Gasteiger partial charge in [-0.3, -0.25) is 10.1 Å². The maximum atomic E-state index is 13.4. The van der Waals surface area contributed by atoms with E-state index in [2.05, 4.69) is 26.2 Å². The first-order chi connectivity index (χ1) is 7.66. The summed E-state index contributed by atoms with van der Waals surface area (Å²) in [5, 5.41) is 4.69. The van der Waals surface area contributed by atoms with Crippen molar-refractivity contribution >= 4 is 38.3 Å². The normalized spacial score (nSPS) is 10.1. The van der Waals surface area contributed by atoms with Gasteiger partial charge in [0.1, 0.15) is 5.82 Å². The molecule has 16 heavy (non-hydrogen) atoms. The van der Waals surface area contributed by atoms with Crippen LogP contribution in [0.1, 0.15) is 10.4 Å². The monoisotopic (exact) mass is 300 g/mol. The second-order valence-electron chi connectivity index (χ2n) is 2.92. The average Bonchev–Trinajstić information content (AvgIpc) is 2.70. The van der Waals surface area contributed by atoms with Gasteiger partial charge in [-0.2, -0.15) is 0 Å². The minimum Gasteiger partial charge on any atom is -0.298 e. The number of nitrogens with one attached hydrogen (secondary N) is 1. The van der Waals surface area contributed by atoms with Crippen LogP contribution < -0.4 is 5.32 Å².